The van der Waals surface area contributed by atoms with Gasteiger partial charge in [0.05, 0.1) is 4.32 Å². The molecule has 1 heterocycles. The predicted octanol–water partition coefficient (Wildman–Crippen LogP) is 2.50. The third-order valence-corrected chi connectivity index (χ3v) is 2.14. The number of carbonyl (C=O) groups excluding carboxylic acids is 1. The number of amides is 1. The quantitative estimate of drug-likeness (QED) is 0.827. The first-order valence-corrected chi connectivity index (χ1v) is 5.12. The Morgan fingerprint density at radius 1 is 1.57 bits per heavy atom. The summed E-state index contributed by atoms with van der Waals surface area (Å²) in [4.78, 5) is 15.7. The van der Waals surface area contributed by atoms with E-state index in [1.165, 1.54) is 0 Å². The number of hydrogen-bond acceptors (Lipinski definition) is 2. The molecule has 0 atom stereocenters. The molecule has 4 heteroatoms. The van der Waals surface area contributed by atoms with Crippen LogP contribution in [0.4, 0.5) is 5.82 Å². The van der Waals surface area contributed by atoms with Crippen molar-refractivity contribution in [2.45, 2.75) is 25.1 Å². The zero-order valence-electron chi connectivity index (χ0n) is 8.47. The second-order valence-corrected chi connectivity index (χ2v) is 5.58. The van der Waals surface area contributed by atoms with E-state index in [1.54, 1.807) is 20.0 Å². The van der Waals surface area contributed by atoms with Crippen LogP contribution >= 0.6 is 15.9 Å². The molecule has 0 aliphatic carbocycles. The molecule has 0 spiro atoms. The minimum absolute atomic E-state index is 0.0979. The monoisotopic (exact) mass is 256 g/mol. The number of halogens is 1. The summed E-state index contributed by atoms with van der Waals surface area (Å²) >= 11 is 3.29. The molecule has 0 fully saturated rings. The van der Waals surface area contributed by atoms with Gasteiger partial charge >= 0.3 is 0 Å². The average molecular weight is 257 g/mol. The van der Waals surface area contributed by atoms with Gasteiger partial charge < -0.3 is 5.32 Å². The minimum atomic E-state index is -0.572. The summed E-state index contributed by atoms with van der Waals surface area (Å²) in [6, 6.07) is 3.74. The van der Waals surface area contributed by atoms with Crippen LogP contribution < -0.4 is 5.32 Å². The van der Waals surface area contributed by atoms with Gasteiger partial charge in [0.1, 0.15) is 5.82 Å². The third-order valence-electron chi connectivity index (χ3n) is 1.78. The zero-order valence-corrected chi connectivity index (χ0v) is 10.1. The molecule has 0 bridgehead atoms. The van der Waals surface area contributed by atoms with Gasteiger partial charge in [-0.2, -0.15) is 0 Å². The van der Waals surface area contributed by atoms with Crippen LogP contribution in [-0.2, 0) is 4.79 Å². The number of hydrogen-bond donors (Lipinski definition) is 1. The lowest BCUT2D eigenvalue weighted by Crippen LogP contribution is -2.31. The number of carbonyl (C=O) groups is 1. The van der Waals surface area contributed by atoms with Gasteiger partial charge in [0.15, 0.2) is 0 Å². The molecule has 0 unspecified atom stereocenters. The lowest BCUT2D eigenvalue weighted by atomic mass is 10.2. The molecule has 0 aliphatic heterocycles. The molecule has 0 aliphatic rings. The van der Waals surface area contributed by atoms with Crippen LogP contribution in [0.15, 0.2) is 18.3 Å². The summed E-state index contributed by atoms with van der Waals surface area (Å²) in [7, 11) is 0. The molecular formula is C10H13BrN2O. The molecule has 1 aromatic rings. The number of aryl methyl sites for hydroxylation is 1. The van der Waals surface area contributed by atoms with Crippen molar-refractivity contribution in [3.63, 3.8) is 0 Å². The molecular weight excluding hydrogens is 244 g/mol. The molecule has 0 saturated carbocycles. The maximum Gasteiger partial charge on any atom is 0.241 e. The van der Waals surface area contributed by atoms with Crippen molar-refractivity contribution in [3.8, 4) is 0 Å². The number of aromatic nitrogens is 1. The normalized spacial score (nSPS) is 11.1. The number of nitrogens with zero attached hydrogens (tertiary/aromatic N) is 1. The highest BCUT2D eigenvalue weighted by atomic mass is 79.9. The van der Waals surface area contributed by atoms with Gasteiger partial charge in [-0.15, -0.1) is 0 Å². The smallest absolute Gasteiger partial charge is 0.241 e. The Morgan fingerprint density at radius 3 is 2.71 bits per heavy atom. The van der Waals surface area contributed by atoms with E-state index in [-0.39, 0.29) is 5.91 Å². The summed E-state index contributed by atoms with van der Waals surface area (Å²) in [5, 5.41) is 2.75. The summed E-state index contributed by atoms with van der Waals surface area (Å²) < 4.78 is -0.572. The Balaban J connectivity index is 2.80. The summed E-state index contributed by atoms with van der Waals surface area (Å²) in [5.74, 6) is 0.518. The van der Waals surface area contributed by atoms with Gasteiger partial charge in [-0.3, -0.25) is 4.79 Å². The molecule has 3 nitrogen and oxygen atoms in total. The van der Waals surface area contributed by atoms with E-state index in [4.69, 9.17) is 0 Å². The van der Waals surface area contributed by atoms with Crippen molar-refractivity contribution in [2.24, 2.45) is 0 Å². The first-order valence-electron chi connectivity index (χ1n) is 4.33. The molecule has 0 saturated heterocycles. The highest BCUT2D eigenvalue weighted by molar-refractivity contribution is 9.10. The number of rotatable bonds is 2. The van der Waals surface area contributed by atoms with E-state index in [0.29, 0.717) is 5.82 Å². The van der Waals surface area contributed by atoms with E-state index in [2.05, 4.69) is 26.2 Å². The van der Waals surface area contributed by atoms with Gasteiger partial charge in [0, 0.05) is 6.20 Å². The van der Waals surface area contributed by atoms with Crippen LogP contribution in [0.3, 0.4) is 0 Å². The van der Waals surface area contributed by atoms with E-state index < -0.39 is 4.32 Å². The molecule has 1 aromatic heterocycles. The van der Waals surface area contributed by atoms with Crippen molar-refractivity contribution in [2.75, 3.05) is 5.32 Å². The van der Waals surface area contributed by atoms with Crippen LogP contribution in [0.2, 0.25) is 0 Å². The lowest BCUT2D eigenvalue weighted by molar-refractivity contribution is -0.117. The van der Waals surface area contributed by atoms with Crippen LogP contribution in [0.25, 0.3) is 0 Å². The van der Waals surface area contributed by atoms with Gasteiger partial charge in [-0.25, -0.2) is 4.98 Å². The molecule has 76 valence electrons. The number of alkyl halides is 1. The topological polar surface area (TPSA) is 42.0 Å². The Hall–Kier alpha value is -0.900. The van der Waals surface area contributed by atoms with Crippen LogP contribution in [-0.4, -0.2) is 15.2 Å². The SMILES string of the molecule is Cc1cccnc1NC(=O)C(C)(C)Br. The number of nitrogens with one attached hydrogen (secondary N) is 1. The Kier molecular flexibility index (Phi) is 3.26. The van der Waals surface area contributed by atoms with Gasteiger partial charge in [-0.05, 0) is 32.4 Å². The fourth-order valence-electron chi connectivity index (χ4n) is 0.873. The minimum Gasteiger partial charge on any atom is -0.309 e. The fourth-order valence-corrected chi connectivity index (χ4v) is 0.972. The van der Waals surface area contributed by atoms with Crippen molar-refractivity contribution in [1.29, 1.82) is 0 Å². The van der Waals surface area contributed by atoms with Crippen LogP contribution in [0, 0.1) is 6.92 Å². The lowest BCUT2D eigenvalue weighted by Gasteiger charge is -2.16. The van der Waals surface area contributed by atoms with E-state index >= 15 is 0 Å². The van der Waals surface area contributed by atoms with Crippen molar-refractivity contribution < 1.29 is 4.79 Å². The molecule has 14 heavy (non-hydrogen) atoms. The Bertz CT molecular complexity index is 344. The standard InChI is InChI=1S/C10H13BrN2O/c1-7-5-4-6-12-8(7)13-9(14)10(2,3)11/h4-6H,1-3H3,(H,12,13,14). The molecule has 0 aromatic carbocycles. The summed E-state index contributed by atoms with van der Waals surface area (Å²) in [5.41, 5.74) is 0.956. The van der Waals surface area contributed by atoms with E-state index in [0.717, 1.165) is 5.56 Å². The number of anilines is 1. The first-order chi connectivity index (χ1) is 6.41. The largest absolute Gasteiger partial charge is 0.309 e. The van der Waals surface area contributed by atoms with E-state index in [1.807, 2.05) is 19.1 Å². The van der Waals surface area contributed by atoms with Crippen molar-refractivity contribution in [1.82, 2.24) is 4.98 Å². The van der Waals surface area contributed by atoms with Crippen molar-refractivity contribution in [3.05, 3.63) is 23.9 Å². The van der Waals surface area contributed by atoms with Gasteiger partial charge in [-0.1, -0.05) is 22.0 Å². The second kappa shape index (κ2) is 4.09. The molecule has 1 N–H and O–H groups in total. The highest BCUT2D eigenvalue weighted by Crippen LogP contribution is 2.19. The Labute approximate surface area is 92.1 Å². The van der Waals surface area contributed by atoms with Gasteiger partial charge in [0.25, 0.3) is 0 Å². The maximum atomic E-state index is 11.6. The number of pyridine rings is 1. The Morgan fingerprint density at radius 2 is 2.21 bits per heavy atom. The highest BCUT2D eigenvalue weighted by Gasteiger charge is 2.24. The average Bonchev–Trinajstić information content (AvgIpc) is 2.07. The molecule has 1 rings (SSSR count). The second-order valence-electron chi connectivity index (χ2n) is 3.60. The third kappa shape index (κ3) is 2.80. The van der Waals surface area contributed by atoms with Crippen LogP contribution in [0.1, 0.15) is 19.4 Å². The first kappa shape index (κ1) is 11.2. The predicted molar refractivity (Wildman–Crippen MR) is 60.6 cm³/mol. The fraction of sp³-hybridized carbons (Fsp3) is 0.400. The zero-order chi connectivity index (χ0) is 10.8. The van der Waals surface area contributed by atoms with Gasteiger partial charge in [0.2, 0.25) is 5.91 Å². The molecule has 1 amide bonds. The van der Waals surface area contributed by atoms with E-state index in [9.17, 15) is 4.79 Å². The van der Waals surface area contributed by atoms with Crippen LogP contribution in [0.5, 0.6) is 0 Å². The molecule has 0 radical (unpaired) electrons. The summed E-state index contributed by atoms with van der Waals surface area (Å²) in [6.45, 7) is 5.49. The van der Waals surface area contributed by atoms with Crippen molar-refractivity contribution >= 4 is 27.7 Å². The maximum absolute atomic E-state index is 11.6. The summed E-state index contributed by atoms with van der Waals surface area (Å²) in [6.07, 6.45) is 1.66.